The fraction of sp³-hybridized carbons (Fsp3) is 0.286. The maximum atomic E-state index is 13.7. The van der Waals surface area contributed by atoms with Crippen molar-refractivity contribution in [1.82, 2.24) is 5.32 Å². The van der Waals surface area contributed by atoms with Gasteiger partial charge in [0.1, 0.15) is 17.3 Å². The van der Waals surface area contributed by atoms with Crippen LogP contribution in [0.5, 0.6) is 0 Å². The molecule has 2 nitrogen and oxygen atoms in total. The molecule has 1 heterocycles. The Morgan fingerprint density at radius 1 is 1.33 bits per heavy atom. The van der Waals surface area contributed by atoms with Crippen molar-refractivity contribution in [1.29, 1.82) is 0 Å². The summed E-state index contributed by atoms with van der Waals surface area (Å²) in [5.41, 5.74) is 0.425. The zero-order valence-corrected chi connectivity index (χ0v) is 11.1. The van der Waals surface area contributed by atoms with Gasteiger partial charge in [0, 0.05) is 5.02 Å². The third kappa shape index (κ3) is 2.74. The van der Waals surface area contributed by atoms with Crippen molar-refractivity contribution in [2.75, 3.05) is 6.54 Å². The van der Waals surface area contributed by atoms with Gasteiger partial charge in [-0.2, -0.15) is 0 Å². The third-order valence-electron chi connectivity index (χ3n) is 2.76. The Morgan fingerprint density at radius 2 is 2.11 bits per heavy atom. The summed E-state index contributed by atoms with van der Waals surface area (Å²) >= 11 is 5.72. The Morgan fingerprint density at radius 3 is 2.78 bits per heavy atom. The van der Waals surface area contributed by atoms with Crippen molar-refractivity contribution in [3.8, 4) is 11.3 Å². The lowest BCUT2D eigenvalue weighted by Gasteiger charge is -2.08. The highest BCUT2D eigenvalue weighted by Crippen LogP contribution is 2.28. The van der Waals surface area contributed by atoms with Gasteiger partial charge in [0.25, 0.3) is 0 Å². The number of rotatable bonds is 4. The summed E-state index contributed by atoms with van der Waals surface area (Å²) in [5, 5.41) is 3.62. The van der Waals surface area contributed by atoms with Crippen molar-refractivity contribution in [3.63, 3.8) is 0 Å². The van der Waals surface area contributed by atoms with Crippen LogP contribution in [0.4, 0.5) is 4.39 Å². The monoisotopic (exact) mass is 267 g/mol. The predicted molar refractivity (Wildman–Crippen MR) is 71.2 cm³/mol. The molecule has 1 aromatic carbocycles. The SMILES string of the molecule is CCNC(C)c1ccc(-c2ccc(Cl)cc2F)o1. The molecule has 0 saturated carbocycles. The first-order valence-electron chi connectivity index (χ1n) is 5.90. The van der Waals surface area contributed by atoms with Gasteiger partial charge in [-0.1, -0.05) is 18.5 Å². The van der Waals surface area contributed by atoms with Gasteiger partial charge < -0.3 is 9.73 Å². The third-order valence-corrected chi connectivity index (χ3v) is 3.00. The molecule has 18 heavy (non-hydrogen) atoms. The molecule has 1 N–H and O–H groups in total. The van der Waals surface area contributed by atoms with E-state index in [1.54, 1.807) is 18.2 Å². The van der Waals surface area contributed by atoms with Gasteiger partial charge in [-0.05, 0) is 43.8 Å². The summed E-state index contributed by atoms with van der Waals surface area (Å²) in [7, 11) is 0. The molecule has 1 aromatic heterocycles. The normalized spacial score (nSPS) is 12.7. The summed E-state index contributed by atoms with van der Waals surface area (Å²) < 4.78 is 19.4. The fourth-order valence-electron chi connectivity index (χ4n) is 1.83. The van der Waals surface area contributed by atoms with Crippen molar-refractivity contribution >= 4 is 11.6 Å². The van der Waals surface area contributed by atoms with Gasteiger partial charge in [-0.25, -0.2) is 4.39 Å². The van der Waals surface area contributed by atoms with Crippen LogP contribution in [0.3, 0.4) is 0 Å². The van der Waals surface area contributed by atoms with Crippen LogP contribution in [0.1, 0.15) is 25.6 Å². The Bertz CT molecular complexity index is 538. The highest BCUT2D eigenvalue weighted by molar-refractivity contribution is 6.30. The molecule has 0 radical (unpaired) electrons. The zero-order chi connectivity index (χ0) is 13.1. The molecule has 0 bridgehead atoms. The lowest BCUT2D eigenvalue weighted by molar-refractivity contribution is 0.443. The lowest BCUT2D eigenvalue weighted by atomic mass is 10.1. The summed E-state index contributed by atoms with van der Waals surface area (Å²) in [5.74, 6) is 0.935. The van der Waals surface area contributed by atoms with Crippen LogP contribution in [0.15, 0.2) is 34.7 Å². The second-order valence-corrected chi connectivity index (χ2v) is 4.54. The van der Waals surface area contributed by atoms with Crippen LogP contribution < -0.4 is 5.32 Å². The smallest absolute Gasteiger partial charge is 0.137 e. The molecular formula is C14H15ClFNO. The summed E-state index contributed by atoms with van der Waals surface area (Å²) in [4.78, 5) is 0. The molecule has 2 aromatic rings. The molecule has 2 rings (SSSR count). The first-order valence-corrected chi connectivity index (χ1v) is 6.28. The minimum Gasteiger partial charge on any atom is -0.459 e. The summed E-state index contributed by atoms with van der Waals surface area (Å²) in [6.07, 6.45) is 0. The molecule has 0 amide bonds. The van der Waals surface area contributed by atoms with E-state index in [4.69, 9.17) is 16.0 Å². The lowest BCUT2D eigenvalue weighted by Crippen LogP contribution is -2.16. The van der Waals surface area contributed by atoms with E-state index in [-0.39, 0.29) is 11.9 Å². The molecule has 0 spiro atoms. The van der Waals surface area contributed by atoms with Crippen LogP contribution in [-0.4, -0.2) is 6.54 Å². The highest BCUT2D eigenvalue weighted by atomic mass is 35.5. The average Bonchev–Trinajstić information content (AvgIpc) is 2.78. The minimum absolute atomic E-state index is 0.110. The van der Waals surface area contributed by atoms with Crippen LogP contribution in [0.2, 0.25) is 5.02 Å². The predicted octanol–water partition coefficient (Wildman–Crippen LogP) is 4.41. The number of hydrogen-bond donors (Lipinski definition) is 1. The van der Waals surface area contributed by atoms with Gasteiger partial charge in [0.2, 0.25) is 0 Å². The molecule has 0 fully saturated rings. The number of nitrogens with one attached hydrogen (secondary N) is 1. The van der Waals surface area contributed by atoms with E-state index in [1.807, 2.05) is 19.9 Å². The maximum Gasteiger partial charge on any atom is 0.137 e. The first-order chi connectivity index (χ1) is 8.61. The van der Waals surface area contributed by atoms with Crippen LogP contribution in [0, 0.1) is 5.82 Å². The molecule has 4 heteroatoms. The van der Waals surface area contributed by atoms with E-state index in [2.05, 4.69) is 5.32 Å². The Hall–Kier alpha value is -1.32. The first kappa shape index (κ1) is 13.1. The van der Waals surface area contributed by atoms with Crippen LogP contribution >= 0.6 is 11.6 Å². The molecule has 0 saturated heterocycles. The second-order valence-electron chi connectivity index (χ2n) is 4.11. The van der Waals surface area contributed by atoms with Crippen LogP contribution in [-0.2, 0) is 0 Å². The Balaban J connectivity index is 2.29. The number of furan rings is 1. The minimum atomic E-state index is -0.375. The highest BCUT2D eigenvalue weighted by Gasteiger charge is 2.13. The van der Waals surface area contributed by atoms with Gasteiger partial charge >= 0.3 is 0 Å². The van der Waals surface area contributed by atoms with E-state index >= 15 is 0 Å². The number of halogens is 2. The molecule has 0 aliphatic carbocycles. The van der Waals surface area contributed by atoms with E-state index in [0.29, 0.717) is 16.3 Å². The van der Waals surface area contributed by atoms with Crippen molar-refractivity contribution < 1.29 is 8.81 Å². The van der Waals surface area contributed by atoms with E-state index in [0.717, 1.165) is 12.3 Å². The van der Waals surface area contributed by atoms with Gasteiger partial charge in [-0.15, -0.1) is 0 Å². The Labute approximate surface area is 111 Å². The second kappa shape index (κ2) is 5.55. The zero-order valence-electron chi connectivity index (χ0n) is 10.3. The molecular weight excluding hydrogens is 253 g/mol. The van der Waals surface area contributed by atoms with Crippen molar-refractivity contribution in [2.24, 2.45) is 0 Å². The summed E-state index contributed by atoms with van der Waals surface area (Å²) in [6.45, 7) is 4.88. The fourth-order valence-corrected chi connectivity index (χ4v) is 1.99. The Kier molecular flexibility index (Phi) is 4.04. The van der Waals surface area contributed by atoms with E-state index in [9.17, 15) is 4.39 Å². The van der Waals surface area contributed by atoms with Gasteiger partial charge in [0.05, 0.1) is 11.6 Å². The maximum absolute atomic E-state index is 13.7. The molecule has 96 valence electrons. The van der Waals surface area contributed by atoms with E-state index in [1.165, 1.54) is 6.07 Å². The standard InChI is InChI=1S/C14H15ClFNO/c1-3-17-9(2)13-6-7-14(18-13)11-5-4-10(15)8-12(11)16/h4-9,17H,3H2,1-2H3. The van der Waals surface area contributed by atoms with Gasteiger partial charge in [0.15, 0.2) is 0 Å². The van der Waals surface area contributed by atoms with Crippen molar-refractivity contribution in [2.45, 2.75) is 19.9 Å². The quantitative estimate of drug-likeness (QED) is 0.888. The largest absolute Gasteiger partial charge is 0.459 e. The average molecular weight is 268 g/mol. The molecule has 1 atom stereocenters. The summed E-state index contributed by atoms with van der Waals surface area (Å²) in [6, 6.07) is 8.30. The van der Waals surface area contributed by atoms with Crippen LogP contribution in [0.25, 0.3) is 11.3 Å². The molecule has 0 aliphatic heterocycles. The molecule has 0 aliphatic rings. The topological polar surface area (TPSA) is 25.2 Å². The van der Waals surface area contributed by atoms with Gasteiger partial charge in [-0.3, -0.25) is 0 Å². The van der Waals surface area contributed by atoms with E-state index < -0.39 is 0 Å². The molecule has 1 unspecified atom stereocenters. The number of benzene rings is 1. The number of hydrogen-bond acceptors (Lipinski definition) is 2. The van der Waals surface area contributed by atoms with Crippen molar-refractivity contribution in [3.05, 3.63) is 46.9 Å².